The number of hydrogen-bond donors (Lipinski definition) is 2. The topological polar surface area (TPSA) is 62.2 Å². The molecule has 2 N–H and O–H groups in total. The van der Waals surface area contributed by atoms with Gasteiger partial charge in [0.05, 0.1) is 6.61 Å². The Labute approximate surface area is 119 Å². The minimum Gasteiger partial charge on any atom is -0.395 e. The van der Waals surface area contributed by atoms with Gasteiger partial charge in [0.15, 0.2) is 0 Å². The van der Waals surface area contributed by atoms with Crippen LogP contribution in [0.15, 0.2) is 18.3 Å². The van der Waals surface area contributed by atoms with Crippen LogP contribution in [-0.2, 0) is 0 Å². The zero-order valence-electron chi connectivity index (χ0n) is 11.9. The van der Waals surface area contributed by atoms with Crippen molar-refractivity contribution in [1.29, 1.82) is 0 Å². The third-order valence-electron chi connectivity index (χ3n) is 3.69. The lowest BCUT2D eigenvalue weighted by Crippen LogP contribution is -2.27. The first kappa shape index (κ1) is 14.5. The van der Waals surface area contributed by atoms with Crippen LogP contribution in [0.2, 0.25) is 0 Å². The molecule has 0 bridgehead atoms. The minimum absolute atomic E-state index is 0.0540. The number of nitrogens with one attached hydrogen (secondary N) is 1. The fourth-order valence-electron chi connectivity index (χ4n) is 2.05. The predicted molar refractivity (Wildman–Crippen MR) is 77.0 cm³/mol. The summed E-state index contributed by atoms with van der Waals surface area (Å²) in [6.45, 7) is 5.19. The Morgan fingerprint density at radius 3 is 2.85 bits per heavy atom. The van der Waals surface area contributed by atoms with Crippen molar-refractivity contribution in [2.75, 3.05) is 13.2 Å². The van der Waals surface area contributed by atoms with Crippen molar-refractivity contribution in [2.24, 2.45) is 11.3 Å². The second-order valence-electron chi connectivity index (χ2n) is 5.81. The van der Waals surface area contributed by atoms with Crippen LogP contribution in [0.4, 0.5) is 0 Å². The van der Waals surface area contributed by atoms with E-state index in [1.807, 2.05) is 0 Å². The number of carbonyl (C=O) groups excluding carboxylic acids is 1. The molecule has 1 aliphatic carbocycles. The van der Waals surface area contributed by atoms with E-state index in [0.29, 0.717) is 30.0 Å². The molecule has 1 heterocycles. The number of nitrogens with zero attached hydrogens (tertiary/aromatic N) is 1. The van der Waals surface area contributed by atoms with Crippen LogP contribution >= 0.6 is 0 Å². The van der Waals surface area contributed by atoms with Gasteiger partial charge in [0.1, 0.15) is 5.69 Å². The van der Waals surface area contributed by atoms with Gasteiger partial charge in [-0.2, -0.15) is 0 Å². The zero-order chi connectivity index (χ0) is 14.6. The van der Waals surface area contributed by atoms with Crippen molar-refractivity contribution in [3.05, 3.63) is 29.6 Å². The van der Waals surface area contributed by atoms with E-state index in [0.717, 1.165) is 5.56 Å². The van der Waals surface area contributed by atoms with E-state index >= 15 is 0 Å². The van der Waals surface area contributed by atoms with Crippen LogP contribution in [0.25, 0.3) is 0 Å². The SMILES string of the molecule is CC1(C)CC1CNC(=O)c1ccc(C#CCCO)cn1. The van der Waals surface area contributed by atoms with Gasteiger partial charge in [0, 0.05) is 24.7 Å². The van der Waals surface area contributed by atoms with E-state index in [4.69, 9.17) is 5.11 Å². The summed E-state index contributed by atoms with van der Waals surface area (Å²) in [5, 5.41) is 11.6. The lowest BCUT2D eigenvalue weighted by Gasteiger charge is -2.06. The van der Waals surface area contributed by atoms with Crippen LogP contribution < -0.4 is 5.32 Å². The highest BCUT2D eigenvalue weighted by atomic mass is 16.2. The molecule has 1 aliphatic rings. The molecule has 2 rings (SSSR count). The molecule has 1 saturated carbocycles. The molecule has 106 valence electrons. The summed E-state index contributed by atoms with van der Waals surface area (Å²) in [6.07, 6.45) is 3.19. The van der Waals surface area contributed by atoms with E-state index in [9.17, 15) is 4.79 Å². The van der Waals surface area contributed by atoms with Gasteiger partial charge < -0.3 is 10.4 Å². The molecule has 1 unspecified atom stereocenters. The molecule has 4 heteroatoms. The smallest absolute Gasteiger partial charge is 0.269 e. The minimum atomic E-state index is -0.137. The highest BCUT2D eigenvalue weighted by molar-refractivity contribution is 5.92. The summed E-state index contributed by atoms with van der Waals surface area (Å²) >= 11 is 0. The van der Waals surface area contributed by atoms with Gasteiger partial charge in [-0.25, -0.2) is 4.98 Å². The van der Waals surface area contributed by atoms with Gasteiger partial charge in [-0.15, -0.1) is 0 Å². The summed E-state index contributed by atoms with van der Waals surface area (Å²) < 4.78 is 0. The van der Waals surface area contributed by atoms with Crippen molar-refractivity contribution in [2.45, 2.75) is 26.7 Å². The summed E-state index contributed by atoms with van der Waals surface area (Å²) in [5.41, 5.74) is 1.53. The number of aliphatic hydroxyl groups is 1. The summed E-state index contributed by atoms with van der Waals surface area (Å²) in [6, 6.07) is 3.45. The molecule has 0 radical (unpaired) electrons. The third-order valence-corrected chi connectivity index (χ3v) is 3.69. The molecule has 4 nitrogen and oxygen atoms in total. The van der Waals surface area contributed by atoms with Crippen molar-refractivity contribution in [3.8, 4) is 11.8 Å². The quantitative estimate of drug-likeness (QED) is 0.818. The lowest BCUT2D eigenvalue weighted by molar-refractivity contribution is 0.0945. The Morgan fingerprint density at radius 2 is 2.30 bits per heavy atom. The van der Waals surface area contributed by atoms with Crippen LogP contribution in [0.5, 0.6) is 0 Å². The summed E-state index contributed by atoms with van der Waals surface area (Å²) in [5.74, 6) is 6.14. The van der Waals surface area contributed by atoms with E-state index in [1.165, 1.54) is 6.42 Å². The average molecular weight is 272 g/mol. The fourth-order valence-corrected chi connectivity index (χ4v) is 2.05. The van der Waals surface area contributed by atoms with Gasteiger partial charge in [-0.3, -0.25) is 4.79 Å². The lowest BCUT2D eigenvalue weighted by atomic mass is 10.1. The highest BCUT2D eigenvalue weighted by Crippen LogP contribution is 2.50. The van der Waals surface area contributed by atoms with E-state index in [2.05, 4.69) is 36.0 Å². The predicted octanol–water partition coefficient (Wildman–Crippen LogP) is 1.59. The molecule has 1 amide bonds. The van der Waals surface area contributed by atoms with Crippen LogP contribution in [0.3, 0.4) is 0 Å². The van der Waals surface area contributed by atoms with Gasteiger partial charge in [0.2, 0.25) is 0 Å². The largest absolute Gasteiger partial charge is 0.395 e. The molecular formula is C16H20N2O2. The number of pyridine rings is 1. The van der Waals surface area contributed by atoms with E-state index in [1.54, 1.807) is 18.3 Å². The maximum atomic E-state index is 11.9. The maximum Gasteiger partial charge on any atom is 0.269 e. The number of hydrogen-bond acceptors (Lipinski definition) is 3. The standard InChI is InChI=1S/C16H20N2O2/c1-16(2)9-13(16)11-18-15(20)14-7-6-12(10-17-14)5-3-4-8-19/h6-7,10,13,19H,4,8-9,11H2,1-2H3,(H,18,20). The number of rotatable bonds is 4. The van der Waals surface area contributed by atoms with Crippen molar-refractivity contribution >= 4 is 5.91 Å². The van der Waals surface area contributed by atoms with E-state index < -0.39 is 0 Å². The number of aromatic nitrogens is 1. The summed E-state index contributed by atoms with van der Waals surface area (Å²) in [4.78, 5) is 16.0. The van der Waals surface area contributed by atoms with Gasteiger partial charge in [-0.1, -0.05) is 25.7 Å². The first-order valence-electron chi connectivity index (χ1n) is 6.87. The van der Waals surface area contributed by atoms with Crippen LogP contribution in [-0.4, -0.2) is 29.1 Å². The highest BCUT2D eigenvalue weighted by Gasteiger charge is 2.45. The molecule has 0 spiro atoms. The zero-order valence-corrected chi connectivity index (χ0v) is 11.9. The first-order valence-corrected chi connectivity index (χ1v) is 6.87. The molecule has 1 aromatic heterocycles. The van der Waals surface area contributed by atoms with Gasteiger partial charge in [-0.05, 0) is 29.9 Å². The van der Waals surface area contributed by atoms with Crippen molar-refractivity contribution in [3.63, 3.8) is 0 Å². The second kappa shape index (κ2) is 6.06. The van der Waals surface area contributed by atoms with Crippen molar-refractivity contribution in [1.82, 2.24) is 10.3 Å². The first-order chi connectivity index (χ1) is 9.53. The Hall–Kier alpha value is -1.86. The molecule has 0 aliphatic heterocycles. The Morgan fingerprint density at radius 1 is 1.55 bits per heavy atom. The fraction of sp³-hybridized carbons (Fsp3) is 0.500. The molecule has 0 saturated heterocycles. The van der Waals surface area contributed by atoms with Crippen LogP contribution in [0.1, 0.15) is 42.7 Å². The Balaban J connectivity index is 1.86. The Bertz CT molecular complexity index is 538. The number of carbonyl (C=O) groups is 1. The average Bonchev–Trinajstić information content (AvgIpc) is 3.05. The third kappa shape index (κ3) is 3.82. The number of amides is 1. The van der Waals surface area contributed by atoms with E-state index in [-0.39, 0.29) is 12.5 Å². The molecule has 1 atom stereocenters. The molecular weight excluding hydrogens is 252 g/mol. The maximum absolute atomic E-state index is 11.9. The van der Waals surface area contributed by atoms with Gasteiger partial charge in [0.25, 0.3) is 5.91 Å². The Kier molecular flexibility index (Phi) is 4.41. The molecule has 1 fully saturated rings. The molecule has 1 aromatic rings. The number of aliphatic hydroxyl groups excluding tert-OH is 1. The normalized spacial score (nSPS) is 18.9. The van der Waals surface area contributed by atoms with Crippen molar-refractivity contribution < 1.29 is 9.90 Å². The molecule has 0 aromatic carbocycles. The monoisotopic (exact) mass is 272 g/mol. The second-order valence-corrected chi connectivity index (χ2v) is 5.81. The summed E-state index contributed by atoms with van der Waals surface area (Å²) in [7, 11) is 0. The van der Waals surface area contributed by atoms with Gasteiger partial charge >= 0.3 is 0 Å². The van der Waals surface area contributed by atoms with Crippen LogP contribution in [0, 0.1) is 23.2 Å². The molecule has 20 heavy (non-hydrogen) atoms.